The highest BCUT2D eigenvalue weighted by Crippen LogP contribution is 2.50. The standard InChI is InChI=1S/C56H36N2S/c1-2-18-39(19-3-1)57(40-20-14-17-38(36-40)42-26-15-27-43-41-21-5-4-16-37(41)32-33-44(42)43)53-35-34-48(56-55(53)49-25-9-13-31-54(49)59-56)47-24-8-12-30-52(47)58-50-28-10-6-22-45(50)46-23-7-11-29-51(46)58/h1-36H. The summed E-state index contributed by atoms with van der Waals surface area (Å²) < 4.78 is 5.00. The fourth-order valence-corrected chi connectivity index (χ4v) is 10.6. The zero-order valence-electron chi connectivity index (χ0n) is 32.1. The highest BCUT2D eigenvalue weighted by atomic mass is 32.1. The van der Waals surface area contributed by atoms with Gasteiger partial charge in [0, 0.05) is 53.4 Å². The summed E-state index contributed by atoms with van der Waals surface area (Å²) in [4.78, 5) is 2.45. The van der Waals surface area contributed by atoms with Gasteiger partial charge < -0.3 is 9.47 Å². The minimum atomic E-state index is 1.11. The van der Waals surface area contributed by atoms with Crippen molar-refractivity contribution < 1.29 is 0 Å². The van der Waals surface area contributed by atoms with Crippen molar-refractivity contribution >= 4 is 91.9 Å². The van der Waals surface area contributed by atoms with Gasteiger partial charge in [0.15, 0.2) is 0 Å². The van der Waals surface area contributed by atoms with Crippen molar-refractivity contribution in [2.24, 2.45) is 0 Å². The van der Waals surface area contributed by atoms with E-state index in [1.54, 1.807) is 0 Å². The Labute approximate surface area is 346 Å². The monoisotopic (exact) mass is 768 g/mol. The van der Waals surface area contributed by atoms with Gasteiger partial charge in [-0.25, -0.2) is 0 Å². The Morgan fingerprint density at radius 1 is 0.373 bits per heavy atom. The van der Waals surface area contributed by atoms with E-state index in [2.05, 4.69) is 228 Å². The molecule has 0 amide bonds. The summed E-state index contributed by atoms with van der Waals surface area (Å²) in [6.07, 6.45) is 0. The number of fused-ring (bicyclic) bond motifs is 9. The van der Waals surface area contributed by atoms with E-state index < -0.39 is 0 Å². The molecular formula is C56H36N2S. The van der Waals surface area contributed by atoms with Gasteiger partial charge in [-0.2, -0.15) is 0 Å². The number of nitrogens with zero attached hydrogens (tertiary/aromatic N) is 2. The second-order valence-electron chi connectivity index (χ2n) is 15.2. The first-order chi connectivity index (χ1) is 29.3. The fourth-order valence-electron chi connectivity index (χ4n) is 9.40. The molecule has 2 nitrogen and oxygen atoms in total. The number of hydrogen-bond acceptors (Lipinski definition) is 2. The highest BCUT2D eigenvalue weighted by Gasteiger charge is 2.23. The molecule has 3 heteroatoms. The molecule has 0 atom stereocenters. The molecule has 0 fully saturated rings. The van der Waals surface area contributed by atoms with Crippen LogP contribution >= 0.6 is 11.3 Å². The molecule has 0 aliphatic carbocycles. The number of benzene rings is 10. The number of aromatic nitrogens is 1. The zero-order valence-corrected chi connectivity index (χ0v) is 32.9. The average molecular weight is 769 g/mol. The van der Waals surface area contributed by atoms with Crippen molar-refractivity contribution in [3.63, 3.8) is 0 Å². The van der Waals surface area contributed by atoms with Gasteiger partial charge in [-0.05, 0) is 87.3 Å². The molecule has 2 aromatic heterocycles. The number of anilines is 3. The van der Waals surface area contributed by atoms with E-state index in [0.29, 0.717) is 0 Å². The van der Waals surface area contributed by atoms with Crippen LogP contribution in [0.4, 0.5) is 17.1 Å². The molecular weight excluding hydrogens is 733 g/mol. The topological polar surface area (TPSA) is 8.17 Å². The van der Waals surface area contributed by atoms with Gasteiger partial charge in [-0.3, -0.25) is 0 Å². The van der Waals surface area contributed by atoms with Gasteiger partial charge in [-0.15, -0.1) is 11.3 Å². The summed E-state index contributed by atoms with van der Waals surface area (Å²) in [6.45, 7) is 0. The van der Waals surface area contributed by atoms with Gasteiger partial charge in [0.05, 0.1) is 22.4 Å². The Morgan fingerprint density at radius 2 is 1.00 bits per heavy atom. The van der Waals surface area contributed by atoms with E-state index in [0.717, 1.165) is 17.1 Å². The molecule has 0 bridgehead atoms. The number of hydrogen-bond donors (Lipinski definition) is 0. The molecule has 59 heavy (non-hydrogen) atoms. The molecule has 0 aliphatic rings. The zero-order chi connectivity index (χ0) is 38.9. The van der Waals surface area contributed by atoms with Gasteiger partial charge in [0.25, 0.3) is 0 Å². The molecule has 0 saturated carbocycles. The third-order valence-electron chi connectivity index (χ3n) is 12.0. The Hall–Kier alpha value is -7.46. The van der Waals surface area contributed by atoms with Crippen LogP contribution in [0.15, 0.2) is 218 Å². The first-order valence-electron chi connectivity index (χ1n) is 20.2. The smallest absolute Gasteiger partial charge is 0.0555 e. The first-order valence-corrected chi connectivity index (χ1v) is 21.0. The lowest BCUT2D eigenvalue weighted by molar-refractivity contribution is 1.18. The second kappa shape index (κ2) is 13.6. The third-order valence-corrected chi connectivity index (χ3v) is 13.2. The van der Waals surface area contributed by atoms with Crippen LogP contribution in [0.25, 0.3) is 91.5 Å². The molecule has 12 aromatic rings. The maximum Gasteiger partial charge on any atom is 0.0555 e. The van der Waals surface area contributed by atoms with E-state index in [4.69, 9.17) is 0 Å². The third kappa shape index (κ3) is 5.33. The van der Waals surface area contributed by atoms with Gasteiger partial charge in [0.2, 0.25) is 0 Å². The minimum Gasteiger partial charge on any atom is -0.310 e. The van der Waals surface area contributed by atoms with Crippen LogP contribution in [0.2, 0.25) is 0 Å². The quantitative estimate of drug-likeness (QED) is 0.153. The Kier molecular flexibility index (Phi) is 7.75. The minimum absolute atomic E-state index is 1.11. The van der Waals surface area contributed by atoms with Crippen molar-refractivity contribution in [1.82, 2.24) is 4.57 Å². The molecule has 0 spiro atoms. The maximum absolute atomic E-state index is 2.45. The largest absolute Gasteiger partial charge is 0.310 e. The van der Waals surface area contributed by atoms with Crippen LogP contribution < -0.4 is 4.90 Å². The lowest BCUT2D eigenvalue weighted by Crippen LogP contribution is -2.10. The first kappa shape index (κ1) is 33.7. The second-order valence-corrected chi connectivity index (χ2v) is 16.3. The molecule has 0 saturated heterocycles. The number of rotatable bonds is 6. The summed E-state index contributed by atoms with van der Waals surface area (Å²) in [7, 11) is 0. The van der Waals surface area contributed by atoms with Crippen LogP contribution in [0.5, 0.6) is 0 Å². The van der Waals surface area contributed by atoms with Crippen LogP contribution in [0.3, 0.4) is 0 Å². The van der Waals surface area contributed by atoms with Gasteiger partial charge in [0.1, 0.15) is 0 Å². The molecule has 0 radical (unpaired) electrons. The van der Waals surface area contributed by atoms with Crippen molar-refractivity contribution in [2.45, 2.75) is 0 Å². The predicted octanol–water partition coefficient (Wildman–Crippen LogP) is 16.3. The van der Waals surface area contributed by atoms with Crippen LogP contribution in [0, 0.1) is 0 Å². The predicted molar refractivity (Wildman–Crippen MR) is 254 cm³/mol. The van der Waals surface area contributed by atoms with E-state index in [1.807, 2.05) is 11.3 Å². The van der Waals surface area contributed by atoms with Gasteiger partial charge in [-0.1, -0.05) is 164 Å². The molecule has 0 unspecified atom stereocenters. The summed E-state index contributed by atoms with van der Waals surface area (Å²) in [5, 5.41) is 10.1. The van der Waals surface area contributed by atoms with Crippen molar-refractivity contribution in [3.8, 4) is 27.9 Å². The Balaban J connectivity index is 1.09. The lowest BCUT2D eigenvalue weighted by atomic mass is 9.94. The molecule has 0 aliphatic heterocycles. The van der Waals surface area contributed by atoms with Crippen LogP contribution in [-0.2, 0) is 0 Å². The van der Waals surface area contributed by atoms with E-state index in [1.165, 1.54) is 91.5 Å². The number of thiophene rings is 1. The normalized spacial score (nSPS) is 11.7. The Morgan fingerprint density at radius 3 is 1.83 bits per heavy atom. The Bertz CT molecular complexity index is 3520. The van der Waals surface area contributed by atoms with Crippen LogP contribution in [0.1, 0.15) is 0 Å². The fraction of sp³-hybridized carbons (Fsp3) is 0. The summed E-state index contributed by atoms with van der Waals surface area (Å²) in [5.74, 6) is 0. The van der Waals surface area contributed by atoms with Crippen LogP contribution in [-0.4, -0.2) is 4.57 Å². The van der Waals surface area contributed by atoms with Crippen molar-refractivity contribution in [3.05, 3.63) is 218 Å². The van der Waals surface area contributed by atoms with E-state index >= 15 is 0 Å². The van der Waals surface area contributed by atoms with E-state index in [-0.39, 0.29) is 0 Å². The van der Waals surface area contributed by atoms with Crippen molar-refractivity contribution in [2.75, 3.05) is 4.90 Å². The maximum atomic E-state index is 2.45. The lowest BCUT2D eigenvalue weighted by Gasteiger charge is -2.27. The average Bonchev–Trinajstić information content (AvgIpc) is 3.86. The van der Waals surface area contributed by atoms with Gasteiger partial charge >= 0.3 is 0 Å². The molecule has 276 valence electrons. The molecule has 12 rings (SSSR count). The highest BCUT2D eigenvalue weighted by molar-refractivity contribution is 7.26. The van der Waals surface area contributed by atoms with Crippen molar-refractivity contribution in [1.29, 1.82) is 0 Å². The molecule has 2 heterocycles. The summed E-state index contributed by atoms with van der Waals surface area (Å²) in [5.41, 5.74) is 11.8. The molecule has 0 N–H and O–H groups in total. The SMILES string of the molecule is c1ccc(N(c2cccc(-c3cccc4c3ccc3ccccc34)c2)c2ccc(-c3ccccc3-n3c4ccccc4c4ccccc43)c3sc4ccccc4c23)cc1. The summed E-state index contributed by atoms with van der Waals surface area (Å²) >= 11 is 1.88. The number of para-hydroxylation sites is 4. The summed E-state index contributed by atoms with van der Waals surface area (Å²) in [6, 6.07) is 79.9. The molecule has 10 aromatic carbocycles. The van der Waals surface area contributed by atoms with E-state index in [9.17, 15) is 0 Å².